The fourth-order valence-electron chi connectivity index (χ4n) is 3.25. The minimum absolute atomic E-state index is 0.0336. The second-order valence-corrected chi connectivity index (χ2v) is 6.71. The lowest BCUT2D eigenvalue weighted by molar-refractivity contribution is -0.308. The largest absolute Gasteiger partial charge is 0.388 e. The summed E-state index contributed by atoms with van der Waals surface area (Å²) in [6.45, 7) is 0.570. The van der Waals surface area contributed by atoms with E-state index in [4.69, 9.17) is 24.5 Å². The molecule has 1 heterocycles. The summed E-state index contributed by atoms with van der Waals surface area (Å²) in [5.74, 6) is 0. The van der Waals surface area contributed by atoms with Gasteiger partial charge < -0.3 is 24.1 Å². The quantitative estimate of drug-likeness (QED) is 0.396. The number of azide groups is 1. The summed E-state index contributed by atoms with van der Waals surface area (Å²) in [4.78, 5) is 2.75. The summed E-state index contributed by atoms with van der Waals surface area (Å²) >= 11 is 0. The van der Waals surface area contributed by atoms with Crippen molar-refractivity contribution in [2.75, 3.05) is 13.7 Å². The first-order chi connectivity index (χ1) is 14.2. The Morgan fingerprint density at radius 3 is 2.03 bits per heavy atom. The number of ether oxygens (including phenoxy) is 4. The summed E-state index contributed by atoms with van der Waals surface area (Å²) in [5.41, 5.74) is 10.6. The van der Waals surface area contributed by atoms with E-state index in [2.05, 4.69) is 10.0 Å². The number of benzene rings is 2. The third-order valence-corrected chi connectivity index (χ3v) is 4.75. The normalized spacial score (nSPS) is 26.6. The highest BCUT2D eigenvalue weighted by Gasteiger charge is 2.46. The summed E-state index contributed by atoms with van der Waals surface area (Å²) in [7, 11) is 1.50. The molecule has 0 saturated carbocycles. The lowest BCUT2D eigenvalue weighted by atomic mass is 9.98. The highest BCUT2D eigenvalue weighted by molar-refractivity contribution is 5.14. The first kappa shape index (κ1) is 21.3. The van der Waals surface area contributed by atoms with Crippen molar-refractivity contribution in [3.63, 3.8) is 0 Å². The van der Waals surface area contributed by atoms with E-state index >= 15 is 0 Å². The SMILES string of the molecule is CO[C@H]1O[C@H](CN=[N+]=[N-])[C@@H](O)[C@H](OCc2ccccc2)[C@H]1OCc1ccccc1. The van der Waals surface area contributed by atoms with Crippen LogP contribution in [-0.4, -0.2) is 49.5 Å². The van der Waals surface area contributed by atoms with Crippen molar-refractivity contribution in [1.82, 2.24) is 0 Å². The molecule has 3 rings (SSSR count). The van der Waals surface area contributed by atoms with E-state index in [9.17, 15) is 5.11 Å². The molecule has 0 aromatic heterocycles. The molecular formula is C21H25N3O5. The van der Waals surface area contributed by atoms with Crippen molar-refractivity contribution in [2.45, 2.75) is 43.9 Å². The van der Waals surface area contributed by atoms with E-state index in [1.54, 1.807) is 0 Å². The summed E-state index contributed by atoms with van der Waals surface area (Å²) < 4.78 is 23.4. The van der Waals surface area contributed by atoms with Gasteiger partial charge in [0.25, 0.3) is 0 Å². The van der Waals surface area contributed by atoms with Gasteiger partial charge in [0, 0.05) is 12.0 Å². The molecule has 154 valence electrons. The van der Waals surface area contributed by atoms with E-state index in [-0.39, 0.29) is 6.54 Å². The van der Waals surface area contributed by atoms with Crippen LogP contribution in [0.4, 0.5) is 0 Å². The second kappa shape index (κ2) is 10.9. The number of aliphatic hydroxyl groups is 1. The third-order valence-electron chi connectivity index (χ3n) is 4.75. The van der Waals surface area contributed by atoms with Crippen LogP contribution in [0.25, 0.3) is 10.4 Å². The molecule has 1 N–H and O–H groups in total. The molecule has 2 aromatic rings. The van der Waals surface area contributed by atoms with Gasteiger partial charge in [0.1, 0.15) is 18.3 Å². The average molecular weight is 399 g/mol. The first-order valence-corrected chi connectivity index (χ1v) is 9.41. The molecule has 0 unspecified atom stereocenters. The van der Waals surface area contributed by atoms with Gasteiger partial charge in [-0.2, -0.15) is 0 Å². The minimum Gasteiger partial charge on any atom is -0.388 e. The first-order valence-electron chi connectivity index (χ1n) is 9.41. The van der Waals surface area contributed by atoms with Crippen LogP contribution in [0.3, 0.4) is 0 Å². The van der Waals surface area contributed by atoms with Crippen molar-refractivity contribution in [3.05, 3.63) is 82.2 Å². The topological polar surface area (TPSA) is 106 Å². The summed E-state index contributed by atoms with van der Waals surface area (Å²) in [5, 5.41) is 14.4. The average Bonchev–Trinajstić information content (AvgIpc) is 2.77. The molecule has 1 saturated heterocycles. The lowest BCUT2D eigenvalue weighted by Crippen LogP contribution is -2.60. The van der Waals surface area contributed by atoms with Crippen molar-refractivity contribution < 1.29 is 24.1 Å². The fourth-order valence-corrected chi connectivity index (χ4v) is 3.25. The zero-order valence-electron chi connectivity index (χ0n) is 16.2. The van der Waals surface area contributed by atoms with Crippen LogP contribution in [0.1, 0.15) is 11.1 Å². The Morgan fingerprint density at radius 1 is 0.966 bits per heavy atom. The van der Waals surface area contributed by atoms with Crippen LogP contribution in [0.15, 0.2) is 65.8 Å². The molecule has 0 bridgehead atoms. The van der Waals surface area contributed by atoms with Gasteiger partial charge in [-0.25, -0.2) is 0 Å². The Bertz CT molecular complexity index is 785. The smallest absolute Gasteiger partial charge is 0.186 e. The van der Waals surface area contributed by atoms with Crippen molar-refractivity contribution in [3.8, 4) is 0 Å². The standard InChI is InChI=1S/C21H25N3O5/c1-26-21-20(28-14-16-10-6-3-7-11-16)19(18(25)17(29-21)12-23-24-22)27-13-15-8-4-2-5-9-15/h2-11,17-21,25H,12-14H2,1H3/t17-,18-,19+,20-,21+/m1/s1. The van der Waals surface area contributed by atoms with Gasteiger partial charge in [-0.15, -0.1) is 0 Å². The van der Waals surface area contributed by atoms with Crippen LogP contribution >= 0.6 is 0 Å². The van der Waals surface area contributed by atoms with E-state index in [0.29, 0.717) is 13.2 Å². The third kappa shape index (κ3) is 5.77. The van der Waals surface area contributed by atoms with Gasteiger partial charge in [0.15, 0.2) is 6.29 Å². The molecule has 8 nitrogen and oxygen atoms in total. The highest BCUT2D eigenvalue weighted by Crippen LogP contribution is 2.28. The molecule has 1 aliphatic rings. The Morgan fingerprint density at radius 2 is 1.52 bits per heavy atom. The van der Waals surface area contributed by atoms with Crippen molar-refractivity contribution in [1.29, 1.82) is 0 Å². The predicted octanol–water partition coefficient (Wildman–Crippen LogP) is 3.20. The minimum atomic E-state index is -1.05. The van der Waals surface area contributed by atoms with Crippen LogP contribution in [-0.2, 0) is 32.2 Å². The molecular weight excluding hydrogens is 374 g/mol. The van der Waals surface area contributed by atoms with Crippen LogP contribution < -0.4 is 0 Å². The van der Waals surface area contributed by atoms with E-state index < -0.39 is 30.7 Å². The predicted molar refractivity (Wildman–Crippen MR) is 106 cm³/mol. The van der Waals surface area contributed by atoms with Crippen molar-refractivity contribution in [2.24, 2.45) is 5.11 Å². The Kier molecular flexibility index (Phi) is 8.01. The molecule has 29 heavy (non-hydrogen) atoms. The molecule has 0 amide bonds. The molecule has 0 radical (unpaired) electrons. The molecule has 1 aliphatic heterocycles. The van der Waals surface area contributed by atoms with E-state index in [1.807, 2.05) is 60.7 Å². The zero-order valence-corrected chi connectivity index (χ0v) is 16.2. The monoisotopic (exact) mass is 399 g/mol. The number of hydrogen-bond donors (Lipinski definition) is 1. The second-order valence-electron chi connectivity index (χ2n) is 6.71. The number of methoxy groups -OCH3 is 1. The Labute approximate surface area is 169 Å². The molecule has 1 fully saturated rings. The Hall–Kier alpha value is -2.45. The Balaban J connectivity index is 1.76. The van der Waals surface area contributed by atoms with Gasteiger partial charge in [-0.1, -0.05) is 65.8 Å². The van der Waals surface area contributed by atoms with E-state index in [0.717, 1.165) is 11.1 Å². The maximum atomic E-state index is 10.8. The number of aliphatic hydroxyl groups excluding tert-OH is 1. The maximum absolute atomic E-state index is 10.8. The molecule has 5 atom stereocenters. The molecule has 8 heteroatoms. The van der Waals surface area contributed by atoms with Gasteiger partial charge in [-0.3, -0.25) is 0 Å². The van der Waals surface area contributed by atoms with Crippen LogP contribution in [0.5, 0.6) is 0 Å². The van der Waals surface area contributed by atoms with Crippen molar-refractivity contribution >= 4 is 0 Å². The maximum Gasteiger partial charge on any atom is 0.186 e. The number of nitrogens with zero attached hydrogens (tertiary/aromatic N) is 3. The number of rotatable bonds is 9. The molecule has 0 aliphatic carbocycles. The summed E-state index contributed by atoms with van der Waals surface area (Å²) in [6, 6.07) is 19.3. The summed E-state index contributed by atoms with van der Waals surface area (Å²) in [6.07, 6.45) is -3.97. The zero-order chi connectivity index (χ0) is 20.5. The lowest BCUT2D eigenvalue weighted by Gasteiger charge is -2.43. The highest BCUT2D eigenvalue weighted by atomic mass is 16.7. The molecule has 0 spiro atoms. The van der Waals surface area contributed by atoms with Crippen LogP contribution in [0, 0.1) is 0 Å². The molecule has 2 aromatic carbocycles. The van der Waals surface area contributed by atoms with Gasteiger partial charge in [0.05, 0.1) is 25.9 Å². The van der Waals surface area contributed by atoms with E-state index in [1.165, 1.54) is 7.11 Å². The van der Waals surface area contributed by atoms with Gasteiger partial charge >= 0.3 is 0 Å². The van der Waals surface area contributed by atoms with Crippen LogP contribution in [0.2, 0.25) is 0 Å². The number of hydrogen-bond acceptors (Lipinski definition) is 6. The van der Waals surface area contributed by atoms with Gasteiger partial charge in [-0.05, 0) is 16.7 Å². The van der Waals surface area contributed by atoms with Gasteiger partial charge in [0.2, 0.25) is 0 Å². The fraction of sp³-hybridized carbons (Fsp3) is 0.429.